The molecule has 90 valence electrons. The third-order valence-corrected chi connectivity index (χ3v) is 2.32. The maximum absolute atomic E-state index is 12.9. The molecule has 0 amide bonds. The fourth-order valence-electron chi connectivity index (χ4n) is 1.57. The normalized spacial score (nSPS) is 13.9. The second kappa shape index (κ2) is 4.82. The molecule has 5 heteroatoms. The topological polar surface area (TPSA) is 26.0 Å². The summed E-state index contributed by atoms with van der Waals surface area (Å²) in [7, 11) is 0. The van der Waals surface area contributed by atoms with Crippen LogP contribution in [0.2, 0.25) is 0 Å². The van der Waals surface area contributed by atoms with E-state index in [4.69, 9.17) is 5.73 Å². The van der Waals surface area contributed by atoms with Crippen molar-refractivity contribution < 1.29 is 17.6 Å². The third-order valence-electron chi connectivity index (χ3n) is 2.32. The van der Waals surface area contributed by atoms with E-state index in [2.05, 4.69) is 0 Å². The first-order valence-corrected chi connectivity index (χ1v) is 4.98. The van der Waals surface area contributed by atoms with Gasteiger partial charge in [0.1, 0.15) is 5.82 Å². The van der Waals surface area contributed by atoms with E-state index in [1.807, 2.05) is 6.92 Å². The summed E-state index contributed by atoms with van der Waals surface area (Å²) in [5, 5.41) is 0. The Kier molecular flexibility index (Phi) is 3.91. The Bertz CT molecular complexity index is 359. The van der Waals surface area contributed by atoms with Crippen LogP contribution in [0.25, 0.3) is 0 Å². The summed E-state index contributed by atoms with van der Waals surface area (Å²) in [5.41, 5.74) is 4.58. The minimum atomic E-state index is -4.49. The van der Waals surface area contributed by atoms with Crippen LogP contribution in [-0.4, -0.2) is 0 Å². The van der Waals surface area contributed by atoms with E-state index in [1.54, 1.807) is 0 Å². The molecule has 1 nitrogen and oxygen atoms in total. The summed E-state index contributed by atoms with van der Waals surface area (Å²) in [6.45, 7) is 1.81. The number of alkyl halides is 3. The zero-order valence-electron chi connectivity index (χ0n) is 8.81. The highest BCUT2D eigenvalue weighted by molar-refractivity contribution is 5.32. The molecule has 0 saturated carbocycles. The first-order valence-electron chi connectivity index (χ1n) is 4.98. The summed E-state index contributed by atoms with van der Waals surface area (Å²) < 4.78 is 50.7. The standard InChI is InChI=1S/C11H13F4N/c1-2-3-10(16)8-6-7(12)4-5-9(8)11(13,14)15/h4-6,10H,2-3,16H2,1H3/t10-/m1/s1. The summed E-state index contributed by atoms with van der Waals surface area (Å²) in [6, 6.07) is 1.62. The van der Waals surface area contributed by atoms with Crippen LogP contribution in [0.1, 0.15) is 36.9 Å². The number of rotatable bonds is 3. The minimum absolute atomic E-state index is 0.172. The van der Waals surface area contributed by atoms with E-state index >= 15 is 0 Å². The van der Waals surface area contributed by atoms with Crippen LogP contribution in [0.3, 0.4) is 0 Å². The molecule has 1 atom stereocenters. The Hall–Kier alpha value is -1.10. The second-order valence-corrected chi connectivity index (χ2v) is 3.62. The molecule has 0 bridgehead atoms. The molecule has 0 heterocycles. The average Bonchev–Trinajstić information content (AvgIpc) is 2.16. The van der Waals surface area contributed by atoms with Crippen molar-refractivity contribution in [2.24, 2.45) is 5.73 Å². The summed E-state index contributed by atoms with van der Waals surface area (Å²) in [4.78, 5) is 0. The van der Waals surface area contributed by atoms with E-state index in [-0.39, 0.29) is 5.56 Å². The summed E-state index contributed by atoms with van der Waals surface area (Å²) >= 11 is 0. The smallest absolute Gasteiger partial charge is 0.324 e. The SMILES string of the molecule is CCC[C@@H](N)c1cc(F)ccc1C(F)(F)F. The lowest BCUT2D eigenvalue weighted by atomic mass is 9.97. The van der Waals surface area contributed by atoms with Gasteiger partial charge < -0.3 is 5.73 Å². The van der Waals surface area contributed by atoms with Crippen LogP contribution < -0.4 is 5.73 Å². The highest BCUT2D eigenvalue weighted by atomic mass is 19.4. The second-order valence-electron chi connectivity index (χ2n) is 3.62. The molecule has 0 radical (unpaired) electrons. The van der Waals surface area contributed by atoms with Gasteiger partial charge in [-0.05, 0) is 30.2 Å². The maximum Gasteiger partial charge on any atom is 0.416 e. The van der Waals surface area contributed by atoms with E-state index in [9.17, 15) is 17.6 Å². The van der Waals surface area contributed by atoms with Crippen molar-refractivity contribution in [3.05, 3.63) is 35.1 Å². The van der Waals surface area contributed by atoms with Crippen LogP contribution in [-0.2, 0) is 6.18 Å². The van der Waals surface area contributed by atoms with Crippen LogP contribution in [0, 0.1) is 5.82 Å². The van der Waals surface area contributed by atoms with Gasteiger partial charge in [-0.15, -0.1) is 0 Å². The molecule has 0 aliphatic rings. The first kappa shape index (κ1) is 13.0. The molecule has 0 saturated heterocycles. The van der Waals surface area contributed by atoms with E-state index in [0.717, 1.165) is 18.2 Å². The van der Waals surface area contributed by atoms with Crippen molar-refractivity contribution in [3.8, 4) is 0 Å². The van der Waals surface area contributed by atoms with Crippen molar-refractivity contribution in [2.75, 3.05) is 0 Å². The van der Waals surface area contributed by atoms with Crippen LogP contribution >= 0.6 is 0 Å². The number of hydrogen-bond donors (Lipinski definition) is 1. The molecule has 0 aromatic heterocycles. The van der Waals surface area contributed by atoms with Crippen LogP contribution in [0.5, 0.6) is 0 Å². The molecular weight excluding hydrogens is 222 g/mol. The molecule has 0 aliphatic heterocycles. The predicted molar refractivity (Wildman–Crippen MR) is 53.2 cm³/mol. The Balaban J connectivity index is 3.18. The molecule has 2 N–H and O–H groups in total. The van der Waals surface area contributed by atoms with Gasteiger partial charge in [0.2, 0.25) is 0 Å². The lowest BCUT2D eigenvalue weighted by molar-refractivity contribution is -0.138. The van der Waals surface area contributed by atoms with Crippen molar-refractivity contribution in [1.82, 2.24) is 0 Å². The molecule has 16 heavy (non-hydrogen) atoms. The highest BCUT2D eigenvalue weighted by Crippen LogP contribution is 2.35. The summed E-state index contributed by atoms with van der Waals surface area (Å²) in [5.74, 6) is -0.699. The van der Waals surface area contributed by atoms with Crippen LogP contribution in [0.15, 0.2) is 18.2 Å². The van der Waals surface area contributed by atoms with Gasteiger partial charge in [0.15, 0.2) is 0 Å². The number of nitrogens with two attached hydrogens (primary N) is 1. The zero-order chi connectivity index (χ0) is 12.3. The van der Waals surface area contributed by atoms with Crippen molar-refractivity contribution in [1.29, 1.82) is 0 Å². The Morgan fingerprint density at radius 1 is 1.31 bits per heavy atom. The van der Waals surface area contributed by atoms with Crippen molar-refractivity contribution in [2.45, 2.75) is 32.0 Å². The van der Waals surface area contributed by atoms with Gasteiger partial charge in [-0.1, -0.05) is 13.3 Å². The Morgan fingerprint density at radius 2 is 1.94 bits per heavy atom. The minimum Gasteiger partial charge on any atom is -0.324 e. The largest absolute Gasteiger partial charge is 0.416 e. The highest BCUT2D eigenvalue weighted by Gasteiger charge is 2.34. The van der Waals surface area contributed by atoms with E-state index < -0.39 is 23.6 Å². The van der Waals surface area contributed by atoms with Gasteiger partial charge in [-0.3, -0.25) is 0 Å². The number of benzene rings is 1. The molecule has 1 rings (SSSR count). The predicted octanol–water partition coefficient (Wildman–Crippen LogP) is 3.64. The van der Waals surface area contributed by atoms with Gasteiger partial charge in [-0.25, -0.2) is 4.39 Å². The Labute approximate surface area is 91.3 Å². The quantitative estimate of drug-likeness (QED) is 0.795. The molecule has 0 fully saturated rings. The van der Waals surface area contributed by atoms with Gasteiger partial charge in [0.05, 0.1) is 5.56 Å². The fourth-order valence-corrected chi connectivity index (χ4v) is 1.57. The van der Waals surface area contributed by atoms with E-state index in [0.29, 0.717) is 12.8 Å². The molecule has 0 unspecified atom stereocenters. The molecular formula is C11H13F4N. The maximum atomic E-state index is 12.9. The van der Waals surface area contributed by atoms with Crippen molar-refractivity contribution >= 4 is 0 Å². The number of halogens is 4. The van der Waals surface area contributed by atoms with Gasteiger partial charge >= 0.3 is 6.18 Å². The summed E-state index contributed by atoms with van der Waals surface area (Å²) in [6.07, 6.45) is -3.45. The molecule has 0 spiro atoms. The third kappa shape index (κ3) is 2.95. The lowest BCUT2D eigenvalue weighted by Gasteiger charge is -2.17. The lowest BCUT2D eigenvalue weighted by Crippen LogP contribution is -2.17. The molecule has 1 aromatic rings. The van der Waals surface area contributed by atoms with Gasteiger partial charge in [-0.2, -0.15) is 13.2 Å². The van der Waals surface area contributed by atoms with E-state index in [1.165, 1.54) is 0 Å². The Morgan fingerprint density at radius 3 is 2.44 bits per heavy atom. The average molecular weight is 235 g/mol. The van der Waals surface area contributed by atoms with Crippen LogP contribution in [0.4, 0.5) is 17.6 Å². The monoisotopic (exact) mass is 235 g/mol. The van der Waals surface area contributed by atoms with Gasteiger partial charge in [0.25, 0.3) is 0 Å². The molecule has 0 aliphatic carbocycles. The van der Waals surface area contributed by atoms with Gasteiger partial charge in [0, 0.05) is 6.04 Å². The zero-order valence-corrected chi connectivity index (χ0v) is 8.81. The fraction of sp³-hybridized carbons (Fsp3) is 0.455. The van der Waals surface area contributed by atoms with Crippen molar-refractivity contribution in [3.63, 3.8) is 0 Å². The molecule has 1 aromatic carbocycles. The number of hydrogen-bond acceptors (Lipinski definition) is 1. The first-order chi connectivity index (χ1) is 7.36.